The average Bonchev–Trinajstić information content (AvgIpc) is 3.26. The molecule has 0 aliphatic heterocycles. The Bertz CT molecular complexity index is 2920. The van der Waals surface area contributed by atoms with Gasteiger partial charge in [-0.3, -0.25) is 0 Å². The van der Waals surface area contributed by atoms with Crippen molar-refractivity contribution < 1.29 is 0 Å². The summed E-state index contributed by atoms with van der Waals surface area (Å²) in [6, 6.07) is 67.7. The van der Waals surface area contributed by atoms with E-state index in [1.165, 1.54) is 27.1 Å². The topological polar surface area (TPSA) is 51.6 Å². The van der Waals surface area contributed by atoms with Crippen molar-refractivity contribution in [2.75, 3.05) is 0 Å². The molecule has 0 aliphatic rings. The van der Waals surface area contributed by atoms with Crippen LogP contribution in [0.1, 0.15) is 0 Å². The minimum Gasteiger partial charge on any atom is -0.248 e. The number of pyridine rings is 1. The Morgan fingerprint density at radius 1 is 0.259 bits per heavy atom. The number of hydrogen-bond acceptors (Lipinski definition) is 4. The summed E-state index contributed by atoms with van der Waals surface area (Å²) in [6.07, 6.45) is 0. The van der Waals surface area contributed by atoms with Gasteiger partial charge in [0.2, 0.25) is 0 Å². The van der Waals surface area contributed by atoms with Crippen molar-refractivity contribution in [3.05, 3.63) is 194 Å². The predicted molar refractivity (Wildman–Crippen MR) is 223 cm³/mol. The number of fused-ring (bicyclic) bond motifs is 3. The molecule has 0 unspecified atom stereocenters. The van der Waals surface area contributed by atoms with Crippen LogP contribution in [0.5, 0.6) is 0 Å². The van der Waals surface area contributed by atoms with Crippen LogP contribution in [0.4, 0.5) is 0 Å². The smallest absolute Gasteiger partial charge is 0.164 e. The molecule has 10 rings (SSSR count). The zero-order valence-corrected chi connectivity index (χ0v) is 29.3. The largest absolute Gasteiger partial charge is 0.248 e. The van der Waals surface area contributed by atoms with Crippen LogP contribution in [0.15, 0.2) is 194 Å². The van der Waals surface area contributed by atoms with E-state index < -0.39 is 0 Å². The molecular formula is C50H32N4. The van der Waals surface area contributed by atoms with Crippen LogP contribution < -0.4 is 0 Å². The second kappa shape index (κ2) is 13.4. The molecule has 0 aliphatic carbocycles. The van der Waals surface area contributed by atoms with Gasteiger partial charge in [-0.2, -0.15) is 0 Å². The predicted octanol–water partition coefficient (Wildman–Crippen LogP) is 12.7. The van der Waals surface area contributed by atoms with Crippen molar-refractivity contribution in [1.82, 2.24) is 19.9 Å². The molecule has 8 aromatic carbocycles. The van der Waals surface area contributed by atoms with Gasteiger partial charge in [0.1, 0.15) is 0 Å². The fourth-order valence-electron chi connectivity index (χ4n) is 7.46. The van der Waals surface area contributed by atoms with Gasteiger partial charge in [0.15, 0.2) is 17.5 Å². The first-order valence-corrected chi connectivity index (χ1v) is 18.1. The molecule has 2 aromatic heterocycles. The van der Waals surface area contributed by atoms with E-state index in [9.17, 15) is 0 Å². The van der Waals surface area contributed by atoms with Crippen molar-refractivity contribution in [2.24, 2.45) is 0 Å². The third-order valence-corrected chi connectivity index (χ3v) is 10.1. The SMILES string of the molecule is c1ccc(-c2nc(-c3ccccc3)nc(-c3cccc(-c4cc(-c5cccc6ccccc56)nc5ccc(-c6cccc7ccccc67)cc45)c3)n2)cc1. The standard InChI is InChI=1S/C50H32N4/c1-3-16-35(17-4-1)48-52-49(36-18-5-2-6-19-36)54-50(53-48)39-23-11-22-37(30-39)44-32-47(43-27-13-21-34-15-8-10-25-41(34)43)51-46-29-28-38(31-45(44)46)42-26-12-20-33-14-7-9-24-40(33)42/h1-32H. The highest BCUT2D eigenvalue weighted by molar-refractivity contribution is 6.04. The molecule has 10 aromatic rings. The molecule has 0 radical (unpaired) electrons. The fourth-order valence-corrected chi connectivity index (χ4v) is 7.46. The van der Waals surface area contributed by atoms with Crippen molar-refractivity contribution in [2.45, 2.75) is 0 Å². The summed E-state index contributed by atoms with van der Waals surface area (Å²) in [4.78, 5) is 20.3. The van der Waals surface area contributed by atoms with Crippen molar-refractivity contribution >= 4 is 32.4 Å². The molecule has 0 atom stereocenters. The van der Waals surface area contributed by atoms with E-state index >= 15 is 0 Å². The van der Waals surface area contributed by atoms with Gasteiger partial charge in [-0.25, -0.2) is 19.9 Å². The molecule has 4 nitrogen and oxygen atoms in total. The lowest BCUT2D eigenvalue weighted by molar-refractivity contribution is 1.07. The first kappa shape index (κ1) is 31.4. The van der Waals surface area contributed by atoms with Gasteiger partial charge in [0.05, 0.1) is 11.2 Å². The molecule has 0 amide bonds. The van der Waals surface area contributed by atoms with Crippen molar-refractivity contribution in [3.8, 4) is 67.7 Å². The lowest BCUT2D eigenvalue weighted by atomic mass is 9.92. The Hall–Kier alpha value is -7.30. The molecule has 0 spiro atoms. The van der Waals surface area contributed by atoms with Crippen LogP contribution in [0.2, 0.25) is 0 Å². The van der Waals surface area contributed by atoms with E-state index in [2.05, 4.69) is 133 Å². The van der Waals surface area contributed by atoms with Gasteiger partial charge in [-0.05, 0) is 68.1 Å². The summed E-state index contributed by atoms with van der Waals surface area (Å²) in [6.45, 7) is 0. The van der Waals surface area contributed by atoms with E-state index in [4.69, 9.17) is 19.9 Å². The summed E-state index contributed by atoms with van der Waals surface area (Å²) in [5.41, 5.74) is 10.2. The summed E-state index contributed by atoms with van der Waals surface area (Å²) < 4.78 is 0. The van der Waals surface area contributed by atoms with Crippen molar-refractivity contribution in [3.63, 3.8) is 0 Å². The summed E-state index contributed by atoms with van der Waals surface area (Å²) in [7, 11) is 0. The average molecular weight is 689 g/mol. The quantitative estimate of drug-likeness (QED) is 0.174. The van der Waals surface area contributed by atoms with Crippen LogP contribution in [0.3, 0.4) is 0 Å². The Morgan fingerprint density at radius 2 is 0.741 bits per heavy atom. The summed E-state index contributed by atoms with van der Waals surface area (Å²) in [5, 5.41) is 5.87. The maximum atomic E-state index is 5.32. The number of rotatable bonds is 6. The Labute approximate surface area is 313 Å². The molecule has 4 heteroatoms. The van der Waals surface area contributed by atoms with Gasteiger partial charge < -0.3 is 0 Å². The zero-order chi connectivity index (χ0) is 35.8. The number of aromatic nitrogens is 4. The normalized spacial score (nSPS) is 11.3. The van der Waals surface area contributed by atoms with Crippen molar-refractivity contribution in [1.29, 1.82) is 0 Å². The molecule has 0 bridgehead atoms. The molecule has 0 saturated carbocycles. The van der Waals surface area contributed by atoms with E-state index in [0.717, 1.165) is 55.5 Å². The zero-order valence-electron chi connectivity index (χ0n) is 29.3. The molecule has 0 saturated heterocycles. The van der Waals surface area contributed by atoms with Gasteiger partial charge in [0, 0.05) is 27.6 Å². The van der Waals surface area contributed by atoms with Gasteiger partial charge in [-0.15, -0.1) is 0 Å². The van der Waals surface area contributed by atoms with E-state index in [1.807, 2.05) is 60.7 Å². The first-order chi connectivity index (χ1) is 26.7. The minimum atomic E-state index is 0.619. The number of nitrogens with zero attached hydrogens (tertiary/aromatic N) is 4. The maximum Gasteiger partial charge on any atom is 0.164 e. The van der Waals surface area contributed by atoms with E-state index in [-0.39, 0.29) is 0 Å². The number of hydrogen-bond donors (Lipinski definition) is 0. The van der Waals surface area contributed by atoms with Crippen LogP contribution in [0.25, 0.3) is 100 Å². The van der Waals surface area contributed by atoms with Gasteiger partial charge in [-0.1, -0.05) is 170 Å². The third kappa shape index (κ3) is 5.76. The Balaban J connectivity index is 1.19. The molecular weight excluding hydrogens is 657 g/mol. The Kier molecular flexibility index (Phi) is 7.77. The molecule has 0 fully saturated rings. The maximum absolute atomic E-state index is 5.32. The lowest BCUT2D eigenvalue weighted by Crippen LogP contribution is -2.00. The molecule has 252 valence electrons. The molecule has 0 N–H and O–H groups in total. The highest BCUT2D eigenvalue weighted by Crippen LogP contribution is 2.39. The monoisotopic (exact) mass is 688 g/mol. The molecule has 2 heterocycles. The van der Waals surface area contributed by atoms with Crippen LogP contribution in [0, 0.1) is 0 Å². The molecule has 54 heavy (non-hydrogen) atoms. The van der Waals surface area contributed by atoms with Crippen LogP contribution in [-0.2, 0) is 0 Å². The summed E-state index contributed by atoms with van der Waals surface area (Å²) in [5.74, 6) is 1.89. The Morgan fingerprint density at radius 3 is 1.41 bits per heavy atom. The second-order valence-corrected chi connectivity index (χ2v) is 13.5. The lowest BCUT2D eigenvalue weighted by Gasteiger charge is -2.15. The second-order valence-electron chi connectivity index (χ2n) is 13.5. The highest BCUT2D eigenvalue weighted by atomic mass is 15.0. The van der Waals surface area contributed by atoms with E-state index in [0.29, 0.717) is 17.5 Å². The van der Waals surface area contributed by atoms with E-state index in [1.54, 1.807) is 0 Å². The number of benzene rings is 8. The third-order valence-electron chi connectivity index (χ3n) is 10.1. The van der Waals surface area contributed by atoms with Crippen LogP contribution in [-0.4, -0.2) is 19.9 Å². The fraction of sp³-hybridized carbons (Fsp3) is 0. The van der Waals surface area contributed by atoms with Gasteiger partial charge in [0.25, 0.3) is 0 Å². The minimum absolute atomic E-state index is 0.619. The first-order valence-electron chi connectivity index (χ1n) is 18.1. The van der Waals surface area contributed by atoms with Crippen LogP contribution >= 0.6 is 0 Å². The summed E-state index contributed by atoms with van der Waals surface area (Å²) >= 11 is 0. The highest BCUT2D eigenvalue weighted by Gasteiger charge is 2.17. The van der Waals surface area contributed by atoms with Gasteiger partial charge >= 0.3 is 0 Å².